The molecule has 2 aliphatic heterocycles. The van der Waals surface area contributed by atoms with E-state index in [2.05, 4.69) is 16.6 Å². The Kier molecular flexibility index (Phi) is 6.63. The fraction of sp³-hybridized carbons (Fsp3) is 0.450. The number of terminal acetylenes is 1. The van der Waals surface area contributed by atoms with Gasteiger partial charge in [0.05, 0.1) is 19.8 Å². The first-order chi connectivity index (χ1) is 13.6. The zero-order chi connectivity index (χ0) is 19.9. The van der Waals surface area contributed by atoms with Crippen molar-refractivity contribution >= 4 is 23.4 Å². The summed E-state index contributed by atoms with van der Waals surface area (Å²) >= 11 is 0. The van der Waals surface area contributed by atoms with Crippen LogP contribution in [0.15, 0.2) is 18.2 Å². The number of imide groups is 1. The highest BCUT2D eigenvalue weighted by Gasteiger charge is 2.39. The SMILES string of the molecule is C#CCOCCOCCNc1cccc2c1CN(C1CCC(=O)NC1=O)C2=O. The second-order valence-electron chi connectivity index (χ2n) is 6.53. The van der Waals surface area contributed by atoms with E-state index < -0.39 is 11.9 Å². The number of anilines is 1. The number of fused-ring (bicyclic) bond motifs is 1. The summed E-state index contributed by atoms with van der Waals surface area (Å²) in [4.78, 5) is 37.8. The van der Waals surface area contributed by atoms with Crippen LogP contribution in [0.25, 0.3) is 0 Å². The quantitative estimate of drug-likeness (QED) is 0.366. The second kappa shape index (κ2) is 9.35. The summed E-state index contributed by atoms with van der Waals surface area (Å²) in [5.41, 5.74) is 2.28. The molecule has 28 heavy (non-hydrogen) atoms. The molecule has 0 saturated carbocycles. The van der Waals surface area contributed by atoms with Gasteiger partial charge in [0.15, 0.2) is 0 Å². The van der Waals surface area contributed by atoms with Crippen molar-refractivity contribution in [1.82, 2.24) is 10.2 Å². The maximum absolute atomic E-state index is 12.8. The number of ether oxygens (including phenoxy) is 2. The Balaban J connectivity index is 1.54. The lowest BCUT2D eigenvalue weighted by Crippen LogP contribution is -2.52. The summed E-state index contributed by atoms with van der Waals surface area (Å²) in [5.74, 6) is 1.50. The molecular formula is C20H23N3O5. The van der Waals surface area contributed by atoms with Crippen LogP contribution in [0.2, 0.25) is 0 Å². The predicted octanol–water partition coefficient (Wildman–Crippen LogP) is 0.526. The first-order valence-corrected chi connectivity index (χ1v) is 9.21. The Bertz CT molecular complexity index is 802. The minimum Gasteiger partial charge on any atom is -0.382 e. The average molecular weight is 385 g/mol. The molecular weight excluding hydrogens is 362 g/mol. The van der Waals surface area contributed by atoms with Gasteiger partial charge >= 0.3 is 0 Å². The highest BCUT2D eigenvalue weighted by Crippen LogP contribution is 2.32. The van der Waals surface area contributed by atoms with Crippen LogP contribution in [-0.2, 0) is 25.6 Å². The van der Waals surface area contributed by atoms with Crippen molar-refractivity contribution in [2.75, 3.05) is 38.3 Å². The van der Waals surface area contributed by atoms with Crippen molar-refractivity contribution in [2.45, 2.75) is 25.4 Å². The number of carbonyl (C=O) groups is 3. The first kappa shape index (κ1) is 19.9. The zero-order valence-corrected chi connectivity index (χ0v) is 15.5. The van der Waals surface area contributed by atoms with E-state index in [1.807, 2.05) is 12.1 Å². The molecule has 1 aromatic carbocycles. The summed E-state index contributed by atoms with van der Waals surface area (Å²) in [5, 5.41) is 5.59. The summed E-state index contributed by atoms with van der Waals surface area (Å²) in [7, 11) is 0. The maximum Gasteiger partial charge on any atom is 0.255 e. The van der Waals surface area contributed by atoms with Gasteiger partial charge < -0.3 is 19.7 Å². The van der Waals surface area contributed by atoms with Gasteiger partial charge in [-0.25, -0.2) is 0 Å². The van der Waals surface area contributed by atoms with Crippen LogP contribution in [0, 0.1) is 12.3 Å². The van der Waals surface area contributed by atoms with Gasteiger partial charge in [0.1, 0.15) is 12.6 Å². The number of carbonyl (C=O) groups excluding carboxylic acids is 3. The monoisotopic (exact) mass is 385 g/mol. The number of nitrogens with one attached hydrogen (secondary N) is 2. The van der Waals surface area contributed by atoms with Gasteiger partial charge in [-0.1, -0.05) is 12.0 Å². The van der Waals surface area contributed by atoms with Gasteiger partial charge in [0, 0.05) is 36.3 Å². The van der Waals surface area contributed by atoms with Crippen molar-refractivity contribution in [3.63, 3.8) is 0 Å². The van der Waals surface area contributed by atoms with Crippen LogP contribution in [0.3, 0.4) is 0 Å². The van der Waals surface area contributed by atoms with E-state index in [1.54, 1.807) is 6.07 Å². The summed E-state index contributed by atoms with van der Waals surface area (Å²) in [6.45, 7) is 2.56. The molecule has 1 saturated heterocycles. The van der Waals surface area contributed by atoms with Crippen molar-refractivity contribution in [3.8, 4) is 12.3 Å². The molecule has 2 aliphatic rings. The Labute approximate surface area is 163 Å². The van der Waals surface area contributed by atoms with E-state index in [4.69, 9.17) is 15.9 Å². The van der Waals surface area contributed by atoms with E-state index >= 15 is 0 Å². The highest BCUT2D eigenvalue weighted by atomic mass is 16.5. The zero-order valence-electron chi connectivity index (χ0n) is 15.5. The van der Waals surface area contributed by atoms with E-state index in [1.165, 1.54) is 4.90 Å². The number of piperidine rings is 1. The molecule has 0 spiro atoms. The van der Waals surface area contributed by atoms with Gasteiger partial charge in [-0.15, -0.1) is 6.42 Å². The smallest absolute Gasteiger partial charge is 0.255 e. The van der Waals surface area contributed by atoms with Crippen LogP contribution < -0.4 is 10.6 Å². The molecule has 0 aromatic heterocycles. The molecule has 2 N–H and O–H groups in total. The Morgan fingerprint density at radius 1 is 1.21 bits per heavy atom. The van der Waals surface area contributed by atoms with E-state index in [0.717, 1.165) is 11.3 Å². The number of rotatable bonds is 9. The molecule has 1 aromatic rings. The van der Waals surface area contributed by atoms with Crippen molar-refractivity contribution in [1.29, 1.82) is 0 Å². The Hall–Kier alpha value is -2.89. The van der Waals surface area contributed by atoms with Crippen LogP contribution in [-0.4, -0.2) is 61.6 Å². The Morgan fingerprint density at radius 3 is 2.82 bits per heavy atom. The van der Waals surface area contributed by atoms with E-state index in [0.29, 0.717) is 44.9 Å². The van der Waals surface area contributed by atoms with E-state index in [9.17, 15) is 14.4 Å². The average Bonchev–Trinajstić information content (AvgIpc) is 3.01. The second-order valence-corrected chi connectivity index (χ2v) is 6.53. The standard InChI is InChI=1S/C20H23N3O5/c1-2-9-27-11-12-28-10-8-21-16-5-3-4-14-15(16)13-23(20(14)26)17-6-7-18(24)22-19(17)25/h1,3-5,17,21H,6-13H2,(H,22,24,25). The predicted molar refractivity (Wildman–Crippen MR) is 101 cm³/mol. The van der Waals surface area contributed by atoms with Crippen molar-refractivity contribution in [2.24, 2.45) is 0 Å². The lowest BCUT2D eigenvalue weighted by atomic mass is 10.0. The molecule has 1 unspecified atom stereocenters. The number of hydrogen-bond acceptors (Lipinski definition) is 6. The third kappa shape index (κ3) is 4.50. The number of amides is 3. The minimum atomic E-state index is -0.614. The molecule has 3 amide bonds. The third-order valence-electron chi connectivity index (χ3n) is 4.70. The van der Waals surface area contributed by atoms with Crippen LogP contribution >= 0.6 is 0 Å². The molecule has 0 aliphatic carbocycles. The van der Waals surface area contributed by atoms with E-state index in [-0.39, 0.29) is 24.8 Å². The first-order valence-electron chi connectivity index (χ1n) is 9.21. The normalized spacial score (nSPS) is 18.6. The fourth-order valence-corrected chi connectivity index (χ4v) is 3.36. The largest absolute Gasteiger partial charge is 0.382 e. The maximum atomic E-state index is 12.8. The topological polar surface area (TPSA) is 97.0 Å². The van der Waals surface area contributed by atoms with Crippen LogP contribution in [0.1, 0.15) is 28.8 Å². The highest BCUT2D eigenvalue weighted by molar-refractivity contribution is 6.06. The molecule has 0 bridgehead atoms. The summed E-state index contributed by atoms with van der Waals surface area (Å²) in [6, 6.07) is 4.85. The summed E-state index contributed by atoms with van der Waals surface area (Å²) in [6.07, 6.45) is 5.68. The summed E-state index contributed by atoms with van der Waals surface area (Å²) < 4.78 is 10.6. The molecule has 8 nitrogen and oxygen atoms in total. The van der Waals surface area contributed by atoms with Gasteiger partial charge in [-0.3, -0.25) is 19.7 Å². The molecule has 1 fully saturated rings. The lowest BCUT2D eigenvalue weighted by molar-refractivity contribution is -0.136. The molecule has 1 atom stereocenters. The molecule has 2 heterocycles. The fourth-order valence-electron chi connectivity index (χ4n) is 3.36. The third-order valence-corrected chi connectivity index (χ3v) is 4.70. The van der Waals surface area contributed by atoms with Crippen molar-refractivity contribution < 1.29 is 23.9 Å². The molecule has 8 heteroatoms. The van der Waals surface area contributed by atoms with Gasteiger partial charge in [-0.2, -0.15) is 0 Å². The van der Waals surface area contributed by atoms with Gasteiger partial charge in [0.25, 0.3) is 5.91 Å². The van der Waals surface area contributed by atoms with Crippen molar-refractivity contribution in [3.05, 3.63) is 29.3 Å². The number of hydrogen-bond donors (Lipinski definition) is 2. The molecule has 3 rings (SSSR count). The van der Waals surface area contributed by atoms with Gasteiger partial charge in [0.2, 0.25) is 11.8 Å². The minimum absolute atomic E-state index is 0.185. The van der Waals surface area contributed by atoms with Crippen LogP contribution in [0.5, 0.6) is 0 Å². The molecule has 148 valence electrons. The van der Waals surface area contributed by atoms with Gasteiger partial charge in [-0.05, 0) is 18.6 Å². The number of benzene rings is 1. The lowest BCUT2D eigenvalue weighted by Gasteiger charge is -2.29. The molecule has 0 radical (unpaired) electrons. The van der Waals surface area contributed by atoms with Crippen LogP contribution in [0.4, 0.5) is 5.69 Å². The number of nitrogens with zero attached hydrogens (tertiary/aromatic N) is 1. The Morgan fingerprint density at radius 2 is 2.04 bits per heavy atom.